The van der Waals surface area contributed by atoms with E-state index in [9.17, 15) is 5.11 Å². The van der Waals surface area contributed by atoms with E-state index in [1.54, 1.807) is 0 Å². The topological polar surface area (TPSA) is 47.9 Å². The molecule has 2 saturated heterocycles. The van der Waals surface area contributed by atoms with Gasteiger partial charge in [-0.1, -0.05) is 58.0 Å². The van der Waals surface area contributed by atoms with Crippen LogP contribution in [0.5, 0.6) is 0 Å². The van der Waals surface area contributed by atoms with Crippen molar-refractivity contribution in [2.24, 2.45) is 5.92 Å². The molecule has 1 aromatic carbocycles. The van der Waals surface area contributed by atoms with Gasteiger partial charge in [0, 0.05) is 12.3 Å². The maximum Gasteiger partial charge on any atom is 0.192 e. The minimum absolute atomic E-state index is 0.0556. The second-order valence-corrected chi connectivity index (χ2v) is 14.3. The van der Waals surface area contributed by atoms with Crippen LogP contribution in [-0.4, -0.2) is 43.9 Å². The molecular weight excluding hydrogens is 344 g/mol. The molecule has 0 aromatic heterocycles. The predicted octanol–water partition coefficient (Wildman–Crippen LogP) is 4.13. The second-order valence-electron chi connectivity index (χ2n) is 9.50. The third-order valence-electron chi connectivity index (χ3n) is 6.63. The van der Waals surface area contributed by atoms with Gasteiger partial charge in [0.05, 0.1) is 31.5 Å². The molecule has 0 amide bonds. The first kappa shape index (κ1) is 20.0. The van der Waals surface area contributed by atoms with E-state index in [0.717, 1.165) is 12.0 Å². The van der Waals surface area contributed by atoms with Gasteiger partial charge in [0.25, 0.3) is 0 Å². The van der Waals surface area contributed by atoms with Crippen molar-refractivity contribution in [1.82, 2.24) is 0 Å². The monoisotopic (exact) mass is 378 g/mol. The summed E-state index contributed by atoms with van der Waals surface area (Å²) in [6.07, 6.45) is 0.252. The van der Waals surface area contributed by atoms with Crippen molar-refractivity contribution < 1.29 is 19.0 Å². The van der Waals surface area contributed by atoms with Gasteiger partial charge in [0.2, 0.25) is 0 Å². The maximum atomic E-state index is 10.9. The average Bonchev–Trinajstić information content (AvgIpc) is 3.02. The van der Waals surface area contributed by atoms with Crippen LogP contribution in [0.2, 0.25) is 18.1 Å². The van der Waals surface area contributed by atoms with Crippen molar-refractivity contribution in [3.63, 3.8) is 0 Å². The van der Waals surface area contributed by atoms with Crippen LogP contribution in [0.15, 0.2) is 30.3 Å². The van der Waals surface area contributed by atoms with Crippen LogP contribution >= 0.6 is 0 Å². The van der Waals surface area contributed by atoms with E-state index in [-0.39, 0.29) is 23.2 Å². The summed E-state index contributed by atoms with van der Waals surface area (Å²) >= 11 is 0. The Balaban J connectivity index is 1.73. The third kappa shape index (κ3) is 3.52. The van der Waals surface area contributed by atoms with Crippen molar-refractivity contribution in [1.29, 1.82) is 0 Å². The molecule has 0 saturated carbocycles. The smallest absolute Gasteiger partial charge is 0.192 e. The van der Waals surface area contributed by atoms with E-state index in [2.05, 4.69) is 40.8 Å². The Bertz CT molecular complexity index is 612. The molecule has 2 heterocycles. The van der Waals surface area contributed by atoms with Crippen molar-refractivity contribution in [3.05, 3.63) is 35.9 Å². The summed E-state index contributed by atoms with van der Waals surface area (Å²) in [4.78, 5) is 0. The van der Waals surface area contributed by atoms with E-state index < -0.39 is 20.0 Å². The Morgan fingerprint density at radius 3 is 2.46 bits per heavy atom. The van der Waals surface area contributed by atoms with E-state index in [4.69, 9.17) is 13.9 Å². The zero-order chi connectivity index (χ0) is 19.2. The summed E-state index contributed by atoms with van der Waals surface area (Å²) in [6, 6.07) is 10.1. The van der Waals surface area contributed by atoms with Crippen molar-refractivity contribution in [3.8, 4) is 0 Å². The molecule has 0 aliphatic carbocycles. The first-order chi connectivity index (χ1) is 12.1. The highest BCUT2D eigenvalue weighted by molar-refractivity contribution is 6.74. The number of rotatable bonds is 6. The third-order valence-corrected chi connectivity index (χ3v) is 11.1. The molecule has 1 aromatic rings. The first-order valence-corrected chi connectivity index (χ1v) is 12.6. The summed E-state index contributed by atoms with van der Waals surface area (Å²) in [5.41, 5.74) is 0.384. The number of hydrogen-bond donors (Lipinski definition) is 1. The van der Waals surface area contributed by atoms with Crippen molar-refractivity contribution in [2.75, 3.05) is 6.61 Å². The number of benzene rings is 1. The molecule has 146 valence electrons. The zero-order valence-electron chi connectivity index (χ0n) is 17.0. The lowest BCUT2D eigenvalue weighted by Crippen LogP contribution is -2.59. The van der Waals surface area contributed by atoms with E-state index in [1.165, 1.54) is 0 Å². The van der Waals surface area contributed by atoms with Crippen LogP contribution < -0.4 is 0 Å². The standard InChI is InChI=1S/C21H34O4Si/c1-15-17-12-18(25-26(5,6)20(2,3)4)21(24-17,19(15)22)14-23-13-16-10-8-7-9-11-16/h7-11,15,17-19,22H,12-14H2,1-6H3/t15-,17+,18+,19+,21-/m0/s1. The van der Waals surface area contributed by atoms with Crippen LogP contribution in [0.3, 0.4) is 0 Å². The lowest BCUT2D eigenvalue weighted by molar-refractivity contribution is -0.140. The fourth-order valence-electron chi connectivity index (χ4n) is 3.84. The SMILES string of the molecule is C[C@@H]1[C@@H](O)[C@@]2(COCc3ccccc3)O[C@@H]1C[C@H]2O[Si](C)(C)C(C)(C)C. The van der Waals surface area contributed by atoms with Crippen LogP contribution in [0.1, 0.15) is 39.7 Å². The molecular formula is C21H34O4Si. The highest BCUT2D eigenvalue weighted by Crippen LogP contribution is 2.51. The number of aliphatic hydroxyl groups excluding tert-OH is 1. The number of aliphatic hydroxyl groups is 1. The number of ether oxygens (including phenoxy) is 2. The Morgan fingerprint density at radius 1 is 1.23 bits per heavy atom. The molecule has 0 spiro atoms. The summed E-state index contributed by atoms with van der Waals surface area (Å²) < 4.78 is 19.0. The second kappa shape index (κ2) is 7.02. The van der Waals surface area contributed by atoms with E-state index in [1.807, 2.05) is 30.3 Å². The molecule has 0 unspecified atom stereocenters. The maximum absolute atomic E-state index is 10.9. The summed E-state index contributed by atoms with van der Waals surface area (Å²) in [5, 5.41) is 11.1. The largest absolute Gasteiger partial charge is 0.411 e. The Kier molecular flexibility index (Phi) is 5.41. The predicted molar refractivity (Wildman–Crippen MR) is 106 cm³/mol. The van der Waals surface area contributed by atoms with Gasteiger partial charge in [0.1, 0.15) is 5.60 Å². The molecule has 5 heteroatoms. The van der Waals surface area contributed by atoms with Crippen LogP contribution in [0, 0.1) is 5.92 Å². The highest BCUT2D eigenvalue weighted by atomic mass is 28.4. The quantitative estimate of drug-likeness (QED) is 0.756. The molecule has 4 nitrogen and oxygen atoms in total. The minimum atomic E-state index is -1.96. The Hall–Kier alpha value is -0.723. The van der Waals surface area contributed by atoms with Gasteiger partial charge in [-0.05, 0) is 23.7 Å². The van der Waals surface area contributed by atoms with Gasteiger partial charge < -0.3 is 19.0 Å². The van der Waals surface area contributed by atoms with E-state index >= 15 is 0 Å². The number of fused-ring (bicyclic) bond motifs is 2. The normalized spacial score (nSPS) is 34.4. The van der Waals surface area contributed by atoms with Gasteiger partial charge in [-0.25, -0.2) is 0 Å². The lowest BCUT2D eigenvalue weighted by atomic mass is 9.78. The average molecular weight is 379 g/mol. The molecule has 2 fully saturated rings. The lowest BCUT2D eigenvalue weighted by Gasteiger charge is -2.45. The molecule has 2 aliphatic rings. The molecule has 0 radical (unpaired) electrons. The Morgan fingerprint density at radius 2 is 1.88 bits per heavy atom. The summed E-state index contributed by atoms with van der Waals surface area (Å²) in [6.45, 7) is 14.2. The van der Waals surface area contributed by atoms with Crippen molar-refractivity contribution >= 4 is 8.32 Å². The van der Waals surface area contributed by atoms with Crippen LogP contribution in [0.25, 0.3) is 0 Å². The molecule has 5 atom stereocenters. The molecule has 2 bridgehead atoms. The molecule has 3 rings (SSSR count). The summed E-state index contributed by atoms with van der Waals surface area (Å²) in [5.74, 6) is 0.120. The highest BCUT2D eigenvalue weighted by Gasteiger charge is 2.64. The van der Waals surface area contributed by atoms with E-state index in [0.29, 0.717) is 13.2 Å². The molecule has 2 aliphatic heterocycles. The van der Waals surface area contributed by atoms with Gasteiger partial charge in [-0.2, -0.15) is 0 Å². The minimum Gasteiger partial charge on any atom is -0.411 e. The fourth-order valence-corrected chi connectivity index (χ4v) is 5.20. The van der Waals surface area contributed by atoms with Crippen molar-refractivity contribution in [2.45, 2.75) is 82.8 Å². The number of hydrogen-bond acceptors (Lipinski definition) is 4. The fraction of sp³-hybridized carbons (Fsp3) is 0.714. The van der Waals surface area contributed by atoms with Gasteiger partial charge >= 0.3 is 0 Å². The van der Waals surface area contributed by atoms with Gasteiger partial charge in [0.15, 0.2) is 8.32 Å². The van der Waals surface area contributed by atoms with Gasteiger partial charge in [-0.3, -0.25) is 0 Å². The Labute approximate surface area is 159 Å². The van der Waals surface area contributed by atoms with Crippen LogP contribution in [0.4, 0.5) is 0 Å². The van der Waals surface area contributed by atoms with Gasteiger partial charge in [-0.15, -0.1) is 0 Å². The van der Waals surface area contributed by atoms with Crippen LogP contribution in [-0.2, 0) is 20.5 Å². The first-order valence-electron chi connectivity index (χ1n) is 9.72. The zero-order valence-corrected chi connectivity index (χ0v) is 18.0. The summed E-state index contributed by atoms with van der Waals surface area (Å²) in [7, 11) is -1.96. The molecule has 1 N–H and O–H groups in total. The molecule has 26 heavy (non-hydrogen) atoms.